The Morgan fingerprint density at radius 2 is 1.64 bits per heavy atom. The monoisotopic (exact) mass is 713 g/mol. The summed E-state index contributed by atoms with van der Waals surface area (Å²) >= 11 is 0. The zero-order valence-corrected chi connectivity index (χ0v) is 28.6. The van der Waals surface area contributed by atoms with Gasteiger partial charge in [-0.05, 0) is 99.2 Å². The van der Waals surface area contributed by atoms with Crippen LogP contribution in [0.25, 0.3) is 0 Å². The lowest BCUT2D eigenvalue weighted by Gasteiger charge is -2.38. The number of amides is 3. The molecule has 2 fully saturated rings. The minimum Gasteiger partial charge on any atom is -0.391 e. The molecule has 0 radical (unpaired) electrons. The average Bonchev–Trinajstić information content (AvgIpc) is 3.81. The summed E-state index contributed by atoms with van der Waals surface area (Å²) in [6, 6.07) is 14.9. The van der Waals surface area contributed by atoms with Crippen molar-refractivity contribution in [3.05, 3.63) is 94.8 Å². The highest BCUT2D eigenvalue weighted by Crippen LogP contribution is 2.43. The van der Waals surface area contributed by atoms with Crippen molar-refractivity contribution in [3.8, 4) is 6.07 Å². The zero-order chi connectivity index (χ0) is 36.4. The molecule has 0 bridgehead atoms. The fourth-order valence-electron chi connectivity index (χ4n) is 5.94. The Balaban J connectivity index is 1.45. The summed E-state index contributed by atoms with van der Waals surface area (Å²) in [6.45, 7) is 5.22. The first-order valence-electron chi connectivity index (χ1n) is 16.2. The van der Waals surface area contributed by atoms with Crippen molar-refractivity contribution in [2.75, 3.05) is 17.2 Å². The second kappa shape index (κ2) is 14.5. The third kappa shape index (κ3) is 8.51. The fraction of sp³-hybridized carbons (Fsp3) is 0.417. The number of aliphatic hydroxyl groups is 1. The first kappa shape index (κ1) is 36.9. The van der Waals surface area contributed by atoms with Crippen molar-refractivity contribution >= 4 is 34.3 Å². The molecule has 3 amide bonds. The third-order valence-corrected chi connectivity index (χ3v) is 10.6. The highest BCUT2D eigenvalue weighted by atomic mass is 32.2. The number of anilines is 2. The van der Waals surface area contributed by atoms with E-state index in [-0.39, 0.29) is 24.3 Å². The summed E-state index contributed by atoms with van der Waals surface area (Å²) in [5.41, 5.74) is -0.708. The molecule has 0 aromatic heterocycles. The average molecular weight is 714 g/mol. The molecule has 0 spiro atoms. The Bertz CT molecular complexity index is 1800. The number of nitriles is 1. The molecular weight excluding hydrogens is 674 g/mol. The van der Waals surface area contributed by atoms with Crippen LogP contribution in [0.2, 0.25) is 0 Å². The van der Waals surface area contributed by atoms with E-state index in [1.54, 1.807) is 24.3 Å². The molecule has 14 heteroatoms. The quantitative estimate of drug-likeness (QED) is 0.171. The topological polar surface area (TPSA) is 135 Å². The van der Waals surface area contributed by atoms with Gasteiger partial charge in [0.1, 0.15) is 11.9 Å². The van der Waals surface area contributed by atoms with E-state index in [0.717, 1.165) is 48.4 Å². The fourth-order valence-corrected chi connectivity index (χ4v) is 6.90. The second-order valence-corrected chi connectivity index (χ2v) is 15.8. The molecule has 1 heterocycles. The van der Waals surface area contributed by atoms with Crippen LogP contribution < -0.4 is 15.4 Å². The summed E-state index contributed by atoms with van der Waals surface area (Å²) in [6.07, 6.45) is -2.48. The Morgan fingerprint density at radius 1 is 0.980 bits per heavy atom. The van der Waals surface area contributed by atoms with Crippen LogP contribution in [-0.4, -0.2) is 49.6 Å². The second-order valence-electron chi connectivity index (χ2n) is 13.8. The molecule has 3 aromatic carbocycles. The van der Waals surface area contributed by atoms with Crippen LogP contribution in [0.1, 0.15) is 75.1 Å². The van der Waals surface area contributed by atoms with Gasteiger partial charge in [-0.1, -0.05) is 31.0 Å². The number of β-amino-alcohol motifs (C(OH)–C–C–N with tert-alkyl or cyclic N) is 1. The van der Waals surface area contributed by atoms with Gasteiger partial charge >= 0.3 is 12.2 Å². The van der Waals surface area contributed by atoms with Gasteiger partial charge in [0.25, 0.3) is 0 Å². The maximum absolute atomic E-state index is 15.5. The zero-order valence-electron chi connectivity index (χ0n) is 27.8. The van der Waals surface area contributed by atoms with E-state index in [1.165, 1.54) is 12.1 Å². The molecule has 9 nitrogen and oxygen atoms in total. The number of halogens is 4. The number of rotatable bonds is 10. The molecular formula is C36H39F4N5O4S. The van der Waals surface area contributed by atoms with Gasteiger partial charge < -0.3 is 20.6 Å². The Hall–Kier alpha value is -4.32. The number of nitrogens with zero attached hydrogens (tertiary/aromatic N) is 2. The molecule has 50 heavy (non-hydrogen) atoms. The summed E-state index contributed by atoms with van der Waals surface area (Å²) in [4.78, 5) is 27.8. The minimum absolute atomic E-state index is 0.0467. The minimum atomic E-state index is -4.56. The van der Waals surface area contributed by atoms with Crippen molar-refractivity contribution < 1.29 is 36.5 Å². The van der Waals surface area contributed by atoms with Gasteiger partial charge in [0, 0.05) is 18.7 Å². The Morgan fingerprint density at radius 3 is 2.26 bits per heavy atom. The largest absolute Gasteiger partial charge is 0.416 e. The Kier molecular flexibility index (Phi) is 10.7. The smallest absolute Gasteiger partial charge is 0.391 e. The first-order valence-corrected chi connectivity index (χ1v) is 17.4. The predicted octanol–water partition coefficient (Wildman–Crippen LogP) is 6.81. The molecule has 3 aromatic rings. The summed E-state index contributed by atoms with van der Waals surface area (Å²) in [5.74, 6) is -1.10. The third-order valence-electron chi connectivity index (χ3n) is 8.96. The number of urea groups is 1. The number of hydrogen-bond acceptors (Lipinski definition) is 5. The maximum atomic E-state index is 15.5. The number of carbonyl (C=O) groups excluding carboxylic acids is 2. The van der Waals surface area contributed by atoms with E-state index in [2.05, 4.69) is 21.4 Å². The molecule has 1 saturated carbocycles. The lowest BCUT2D eigenvalue weighted by atomic mass is 9.79. The van der Waals surface area contributed by atoms with Gasteiger partial charge in [-0.3, -0.25) is 4.79 Å². The van der Waals surface area contributed by atoms with Crippen molar-refractivity contribution in [1.82, 2.24) is 9.62 Å². The molecule has 4 N–H and O–H groups in total. The highest BCUT2D eigenvalue weighted by molar-refractivity contribution is 7.84. The lowest BCUT2D eigenvalue weighted by Crippen LogP contribution is -2.49. The van der Waals surface area contributed by atoms with Crippen LogP contribution in [0.5, 0.6) is 0 Å². The summed E-state index contributed by atoms with van der Waals surface area (Å²) < 4.78 is 70.8. The van der Waals surface area contributed by atoms with Crippen LogP contribution in [-0.2, 0) is 27.5 Å². The molecule has 2 unspecified atom stereocenters. The van der Waals surface area contributed by atoms with E-state index in [0.29, 0.717) is 29.0 Å². The van der Waals surface area contributed by atoms with E-state index >= 15 is 4.39 Å². The number of aliphatic hydroxyl groups excluding tert-OH is 1. The molecule has 1 saturated heterocycles. The SMILES string of the molecule is CC(C)(C)S(=O)NC(CCC1CC1)(c1cccc(C#N)c1)c1ccc(F)c(NC(=O)[C@H]2C[C@@H](O)CN2C(=O)Nc2ccc(C(F)(F)F)cc2)c1. The Labute approximate surface area is 290 Å². The number of nitrogens with one attached hydrogen (secondary N) is 3. The van der Waals surface area contributed by atoms with Crippen LogP contribution >= 0.6 is 0 Å². The van der Waals surface area contributed by atoms with E-state index in [1.807, 2.05) is 26.8 Å². The molecule has 2 aliphatic rings. The van der Waals surface area contributed by atoms with Gasteiger partial charge in [0.05, 0.1) is 50.3 Å². The van der Waals surface area contributed by atoms with Gasteiger partial charge in [0.15, 0.2) is 0 Å². The van der Waals surface area contributed by atoms with E-state index in [4.69, 9.17) is 0 Å². The van der Waals surface area contributed by atoms with Crippen LogP contribution in [0.15, 0.2) is 66.7 Å². The van der Waals surface area contributed by atoms with Gasteiger partial charge in [-0.2, -0.15) is 18.4 Å². The molecule has 1 aliphatic heterocycles. The first-order chi connectivity index (χ1) is 23.5. The maximum Gasteiger partial charge on any atom is 0.416 e. The molecule has 4 atom stereocenters. The predicted molar refractivity (Wildman–Crippen MR) is 182 cm³/mol. The number of hydrogen-bond donors (Lipinski definition) is 4. The van der Waals surface area contributed by atoms with E-state index < -0.39 is 62.9 Å². The van der Waals surface area contributed by atoms with Crippen molar-refractivity contribution in [2.45, 2.75) is 81.5 Å². The normalized spacial score (nSPS) is 19.7. The highest BCUT2D eigenvalue weighted by Gasteiger charge is 2.42. The number of benzene rings is 3. The molecule has 5 rings (SSSR count). The van der Waals surface area contributed by atoms with Crippen LogP contribution in [0, 0.1) is 23.1 Å². The summed E-state index contributed by atoms with van der Waals surface area (Å²) in [7, 11) is -1.62. The van der Waals surface area contributed by atoms with Crippen molar-refractivity contribution in [2.24, 2.45) is 5.92 Å². The standard InChI is InChI=1S/C36H39F4N5O4S/c1-34(2,3)50(49)44-35(16-15-22-7-8-22,25-6-4-5-23(17-25)20-41)26-11-14-29(37)30(18-26)43-32(47)31-19-28(46)21-45(31)33(48)42-27-12-9-24(10-13-27)36(38,39)40/h4-6,9-14,17-18,22,28,31,44,46H,7-8,15-16,19,21H2,1-3H3,(H,42,48)(H,43,47)/t28-,31-,35?,50?/m1/s1. The van der Waals surface area contributed by atoms with Crippen LogP contribution in [0.3, 0.4) is 0 Å². The molecule has 1 aliphatic carbocycles. The molecule has 266 valence electrons. The lowest BCUT2D eigenvalue weighted by molar-refractivity contribution is -0.137. The number of alkyl halides is 3. The number of carbonyl (C=O) groups is 2. The van der Waals surface area contributed by atoms with Gasteiger partial charge in [-0.25, -0.2) is 18.1 Å². The van der Waals surface area contributed by atoms with E-state index in [9.17, 15) is 37.3 Å². The van der Waals surface area contributed by atoms with Crippen molar-refractivity contribution in [1.29, 1.82) is 5.26 Å². The van der Waals surface area contributed by atoms with Crippen LogP contribution in [0.4, 0.5) is 33.7 Å². The summed E-state index contributed by atoms with van der Waals surface area (Å²) in [5, 5.41) is 25.1. The van der Waals surface area contributed by atoms with Gasteiger partial charge in [-0.15, -0.1) is 0 Å². The van der Waals surface area contributed by atoms with Gasteiger partial charge in [0.2, 0.25) is 5.91 Å². The van der Waals surface area contributed by atoms with Crippen molar-refractivity contribution in [3.63, 3.8) is 0 Å². The number of likely N-dealkylation sites (tertiary alicyclic amines) is 1.